The Kier molecular flexibility index (Phi) is 3.71. The van der Waals surface area contributed by atoms with E-state index in [-0.39, 0.29) is 16.8 Å². The van der Waals surface area contributed by atoms with Gasteiger partial charge in [0.2, 0.25) is 0 Å². The van der Waals surface area contributed by atoms with E-state index in [0.29, 0.717) is 5.69 Å². The van der Waals surface area contributed by atoms with Gasteiger partial charge in [-0.05, 0) is 31.2 Å². The molecule has 4 nitrogen and oxygen atoms in total. The van der Waals surface area contributed by atoms with E-state index >= 15 is 0 Å². The summed E-state index contributed by atoms with van der Waals surface area (Å²) in [5, 5.41) is 0. The third kappa shape index (κ3) is 3.21. The largest absolute Gasteiger partial charge is 0.399 e. The molecule has 0 aliphatic carbocycles. The highest BCUT2D eigenvalue weighted by molar-refractivity contribution is 7.91. The van der Waals surface area contributed by atoms with Crippen LogP contribution in [0.4, 0.5) is 5.69 Å². The van der Waals surface area contributed by atoms with Crippen molar-refractivity contribution in [2.45, 2.75) is 17.9 Å². The summed E-state index contributed by atoms with van der Waals surface area (Å²) in [5.74, 6) is -0.0204. The van der Waals surface area contributed by atoms with Gasteiger partial charge in [-0.2, -0.15) is 0 Å². The van der Waals surface area contributed by atoms with E-state index in [1.807, 2.05) is 0 Å². The molecule has 2 N–H and O–H groups in total. The van der Waals surface area contributed by atoms with Crippen LogP contribution in [0.1, 0.15) is 6.92 Å². The van der Waals surface area contributed by atoms with E-state index < -0.39 is 9.84 Å². The number of hydrogen-bond acceptors (Lipinski definition) is 4. The molecule has 1 unspecified atom stereocenters. The van der Waals surface area contributed by atoms with E-state index in [2.05, 4.69) is 0 Å². The van der Waals surface area contributed by atoms with Gasteiger partial charge >= 0.3 is 0 Å². The molecule has 1 aromatic carbocycles. The summed E-state index contributed by atoms with van der Waals surface area (Å²) in [7, 11) is -1.78. The van der Waals surface area contributed by atoms with Crippen LogP contribution in [0.5, 0.6) is 0 Å². The molecule has 15 heavy (non-hydrogen) atoms. The first kappa shape index (κ1) is 12.0. The summed E-state index contributed by atoms with van der Waals surface area (Å²) in [6.45, 7) is 1.72. The quantitative estimate of drug-likeness (QED) is 0.784. The normalized spacial score (nSPS) is 13.7. The molecule has 0 heterocycles. The fourth-order valence-corrected chi connectivity index (χ4v) is 2.65. The van der Waals surface area contributed by atoms with E-state index in [0.717, 1.165) is 0 Å². The minimum atomic E-state index is -3.27. The molecule has 0 aliphatic heterocycles. The highest BCUT2D eigenvalue weighted by Gasteiger charge is 2.17. The third-order valence-corrected chi connectivity index (χ3v) is 3.99. The van der Waals surface area contributed by atoms with Crippen molar-refractivity contribution in [3.05, 3.63) is 24.3 Å². The maximum absolute atomic E-state index is 11.8. The molecule has 0 aromatic heterocycles. The Bertz CT molecular complexity index is 411. The van der Waals surface area contributed by atoms with Gasteiger partial charge in [0.1, 0.15) is 0 Å². The zero-order valence-electron chi connectivity index (χ0n) is 8.80. The van der Waals surface area contributed by atoms with Crippen LogP contribution in [0.3, 0.4) is 0 Å². The summed E-state index contributed by atoms with van der Waals surface area (Å²) in [4.78, 5) is 0.278. The lowest BCUT2D eigenvalue weighted by atomic mass is 10.3. The summed E-state index contributed by atoms with van der Waals surface area (Å²) in [6.07, 6.45) is -0.312. The Morgan fingerprint density at radius 1 is 1.33 bits per heavy atom. The van der Waals surface area contributed by atoms with Gasteiger partial charge in [0, 0.05) is 12.8 Å². The number of ether oxygens (including phenoxy) is 1. The highest BCUT2D eigenvalue weighted by atomic mass is 32.2. The van der Waals surface area contributed by atoms with Gasteiger partial charge in [-0.3, -0.25) is 0 Å². The lowest BCUT2D eigenvalue weighted by Crippen LogP contribution is -2.19. The molecule has 0 fully saturated rings. The Balaban J connectivity index is 2.91. The second kappa shape index (κ2) is 4.63. The van der Waals surface area contributed by atoms with Crippen LogP contribution in [0.2, 0.25) is 0 Å². The number of sulfone groups is 1. The van der Waals surface area contributed by atoms with Crippen LogP contribution in [-0.4, -0.2) is 27.4 Å². The van der Waals surface area contributed by atoms with Crippen molar-refractivity contribution < 1.29 is 13.2 Å². The fraction of sp³-hybridized carbons (Fsp3) is 0.400. The van der Waals surface area contributed by atoms with Crippen molar-refractivity contribution in [2.75, 3.05) is 18.6 Å². The van der Waals surface area contributed by atoms with E-state index in [4.69, 9.17) is 10.5 Å². The second-order valence-electron chi connectivity index (χ2n) is 3.40. The molecular formula is C10H15NO3S. The standard InChI is InChI=1S/C10H15NO3S/c1-8(14-2)7-15(12,13)10-5-3-9(11)4-6-10/h3-6,8H,7,11H2,1-2H3. The first-order chi connectivity index (χ1) is 6.95. The number of benzene rings is 1. The van der Waals surface area contributed by atoms with Gasteiger partial charge in [0.05, 0.1) is 16.8 Å². The number of anilines is 1. The van der Waals surface area contributed by atoms with E-state index in [1.165, 1.54) is 19.2 Å². The summed E-state index contributed by atoms with van der Waals surface area (Å²) in [5.41, 5.74) is 6.03. The van der Waals surface area contributed by atoms with E-state index in [9.17, 15) is 8.42 Å². The number of nitrogens with two attached hydrogens (primary N) is 1. The topological polar surface area (TPSA) is 69.4 Å². The van der Waals surface area contributed by atoms with Crippen molar-refractivity contribution in [3.8, 4) is 0 Å². The molecule has 0 aliphatic rings. The number of rotatable bonds is 4. The second-order valence-corrected chi connectivity index (χ2v) is 5.43. The van der Waals surface area contributed by atoms with Gasteiger partial charge in [0.15, 0.2) is 9.84 Å². The van der Waals surface area contributed by atoms with Gasteiger partial charge in [-0.25, -0.2) is 8.42 Å². The van der Waals surface area contributed by atoms with Crippen LogP contribution < -0.4 is 5.73 Å². The molecule has 0 saturated heterocycles. The van der Waals surface area contributed by atoms with Gasteiger partial charge in [0.25, 0.3) is 0 Å². The zero-order valence-corrected chi connectivity index (χ0v) is 9.62. The Labute approximate surface area is 90.0 Å². The van der Waals surface area contributed by atoms with Crippen molar-refractivity contribution in [2.24, 2.45) is 0 Å². The third-order valence-electron chi connectivity index (χ3n) is 2.10. The number of nitrogen functional groups attached to an aromatic ring is 1. The monoisotopic (exact) mass is 229 g/mol. The molecule has 0 amide bonds. The predicted molar refractivity (Wildman–Crippen MR) is 59.4 cm³/mol. The average Bonchev–Trinajstić information content (AvgIpc) is 2.17. The van der Waals surface area contributed by atoms with Crippen LogP contribution in [0, 0.1) is 0 Å². The maximum Gasteiger partial charge on any atom is 0.180 e. The van der Waals surface area contributed by atoms with E-state index in [1.54, 1.807) is 19.1 Å². The maximum atomic E-state index is 11.8. The molecular weight excluding hydrogens is 214 g/mol. The molecule has 0 spiro atoms. The van der Waals surface area contributed by atoms with Crippen LogP contribution >= 0.6 is 0 Å². The highest BCUT2D eigenvalue weighted by Crippen LogP contribution is 2.14. The summed E-state index contributed by atoms with van der Waals surface area (Å²) in [6, 6.07) is 6.16. The van der Waals surface area contributed by atoms with Crippen LogP contribution in [-0.2, 0) is 14.6 Å². The zero-order chi connectivity index (χ0) is 11.5. The van der Waals surface area contributed by atoms with Crippen LogP contribution in [0.15, 0.2) is 29.2 Å². The molecule has 0 saturated carbocycles. The molecule has 1 rings (SSSR count). The molecule has 1 aromatic rings. The van der Waals surface area contributed by atoms with Gasteiger partial charge in [-0.15, -0.1) is 0 Å². The average molecular weight is 229 g/mol. The molecule has 5 heteroatoms. The Hall–Kier alpha value is -1.07. The number of methoxy groups -OCH3 is 1. The first-order valence-electron chi connectivity index (χ1n) is 4.57. The van der Waals surface area contributed by atoms with Crippen molar-refractivity contribution in [1.82, 2.24) is 0 Å². The Morgan fingerprint density at radius 2 is 1.87 bits per heavy atom. The molecule has 84 valence electrons. The van der Waals surface area contributed by atoms with Gasteiger partial charge in [-0.1, -0.05) is 0 Å². The fourth-order valence-electron chi connectivity index (χ4n) is 1.15. The lowest BCUT2D eigenvalue weighted by Gasteiger charge is -2.10. The number of hydrogen-bond donors (Lipinski definition) is 1. The molecule has 0 radical (unpaired) electrons. The lowest BCUT2D eigenvalue weighted by molar-refractivity contribution is 0.136. The minimum Gasteiger partial charge on any atom is -0.399 e. The van der Waals surface area contributed by atoms with Gasteiger partial charge < -0.3 is 10.5 Å². The van der Waals surface area contributed by atoms with Crippen LogP contribution in [0.25, 0.3) is 0 Å². The van der Waals surface area contributed by atoms with Crippen molar-refractivity contribution in [3.63, 3.8) is 0 Å². The molecule has 0 bridgehead atoms. The predicted octanol–water partition coefficient (Wildman–Crippen LogP) is 1.08. The molecule has 1 atom stereocenters. The van der Waals surface area contributed by atoms with Crippen molar-refractivity contribution in [1.29, 1.82) is 0 Å². The smallest absolute Gasteiger partial charge is 0.180 e. The minimum absolute atomic E-state index is 0.0204. The van der Waals surface area contributed by atoms with Crippen molar-refractivity contribution >= 4 is 15.5 Å². The first-order valence-corrected chi connectivity index (χ1v) is 6.22. The summed E-state index contributed by atoms with van der Waals surface area (Å²) >= 11 is 0. The summed E-state index contributed by atoms with van der Waals surface area (Å²) < 4.78 is 28.5. The SMILES string of the molecule is COC(C)CS(=O)(=O)c1ccc(N)cc1. The Morgan fingerprint density at radius 3 is 2.33 bits per heavy atom.